The fraction of sp³-hybridized carbons (Fsp3) is 0.333. The molecule has 0 atom stereocenters. The first-order valence-corrected chi connectivity index (χ1v) is 7.54. The number of benzene rings is 2. The second-order valence-corrected chi connectivity index (χ2v) is 5.34. The van der Waals surface area contributed by atoms with Crippen LogP contribution in [-0.2, 0) is 19.3 Å². The van der Waals surface area contributed by atoms with Crippen LogP contribution in [0.1, 0.15) is 16.7 Å². The molecule has 4 nitrogen and oxygen atoms in total. The lowest BCUT2D eigenvalue weighted by atomic mass is 10.1. The van der Waals surface area contributed by atoms with E-state index in [1.165, 1.54) is 27.4 Å². The Morgan fingerprint density at radius 2 is 1.44 bits per heavy atom. The molecule has 0 spiro atoms. The summed E-state index contributed by atoms with van der Waals surface area (Å²) < 4.78 is 54.0. The molecule has 0 heterocycles. The van der Waals surface area contributed by atoms with E-state index in [2.05, 4.69) is 5.32 Å². The molecular weight excluding hydrogens is 335 g/mol. The van der Waals surface area contributed by atoms with Gasteiger partial charge >= 0.3 is 6.18 Å². The molecule has 7 heteroatoms. The molecule has 25 heavy (non-hydrogen) atoms. The second-order valence-electron chi connectivity index (χ2n) is 5.34. The van der Waals surface area contributed by atoms with Gasteiger partial charge < -0.3 is 19.5 Å². The maximum atomic E-state index is 12.7. The Hall–Kier alpha value is -2.41. The topological polar surface area (TPSA) is 39.7 Å². The van der Waals surface area contributed by atoms with Crippen molar-refractivity contribution in [3.8, 4) is 17.2 Å². The van der Waals surface area contributed by atoms with Gasteiger partial charge in [-0.05, 0) is 29.3 Å². The number of hydrogen-bond acceptors (Lipinski definition) is 4. The summed E-state index contributed by atoms with van der Waals surface area (Å²) in [5, 5.41) is 3.12. The highest BCUT2D eigenvalue weighted by atomic mass is 19.4. The Morgan fingerprint density at radius 1 is 0.840 bits per heavy atom. The number of halogens is 3. The molecule has 0 bridgehead atoms. The number of alkyl halides is 3. The third-order valence-corrected chi connectivity index (χ3v) is 3.64. The second kappa shape index (κ2) is 8.11. The van der Waals surface area contributed by atoms with E-state index in [4.69, 9.17) is 14.2 Å². The zero-order valence-corrected chi connectivity index (χ0v) is 14.2. The van der Waals surface area contributed by atoms with E-state index < -0.39 is 11.7 Å². The van der Waals surface area contributed by atoms with Crippen LogP contribution in [0.3, 0.4) is 0 Å². The molecule has 136 valence electrons. The Balaban J connectivity index is 2.07. The van der Waals surface area contributed by atoms with E-state index in [9.17, 15) is 13.2 Å². The van der Waals surface area contributed by atoms with Gasteiger partial charge in [-0.1, -0.05) is 18.2 Å². The molecule has 0 aromatic heterocycles. The molecule has 0 unspecified atom stereocenters. The zero-order chi connectivity index (χ0) is 18.4. The van der Waals surface area contributed by atoms with E-state index in [1.807, 2.05) is 0 Å². The molecular formula is C18H20F3NO3. The van der Waals surface area contributed by atoms with Crippen LogP contribution in [0.5, 0.6) is 17.2 Å². The normalized spacial score (nSPS) is 11.3. The zero-order valence-electron chi connectivity index (χ0n) is 14.2. The molecule has 0 radical (unpaired) electrons. The van der Waals surface area contributed by atoms with Crippen LogP contribution in [0.2, 0.25) is 0 Å². The third kappa shape index (κ3) is 4.79. The van der Waals surface area contributed by atoms with E-state index in [1.54, 1.807) is 18.2 Å². The van der Waals surface area contributed by atoms with Gasteiger partial charge in [0.2, 0.25) is 5.75 Å². The predicted octanol–water partition coefficient (Wildman–Crippen LogP) is 4.02. The Morgan fingerprint density at radius 3 is 1.96 bits per heavy atom. The summed E-state index contributed by atoms with van der Waals surface area (Å²) in [7, 11) is 4.57. The molecule has 0 aliphatic heterocycles. The van der Waals surface area contributed by atoms with E-state index in [0.29, 0.717) is 35.9 Å². The Bertz CT molecular complexity index is 692. The molecule has 0 fully saturated rings. The van der Waals surface area contributed by atoms with Crippen LogP contribution in [0.25, 0.3) is 0 Å². The van der Waals surface area contributed by atoms with E-state index in [-0.39, 0.29) is 0 Å². The monoisotopic (exact) mass is 355 g/mol. The fourth-order valence-electron chi connectivity index (χ4n) is 2.45. The lowest BCUT2D eigenvalue weighted by molar-refractivity contribution is -0.137. The average Bonchev–Trinajstić information content (AvgIpc) is 2.60. The highest BCUT2D eigenvalue weighted by molar-refractivity contribution is 5.53. The summed E-state index contributed by atoms with van der Waals surface area (Å²) >= 11 is 0. The van der Waals surface area contributed by atoms with Crippen molar-refractivity contribution < 1.29 is 27.4 Å². The Kier molecular flexibility index (Phi) is 6.14. The van der Waals surface area contributed by atoms with Crippen molar-refractivity contribution in [3.05, 3.63) is 53.1 Å². The SMILES string of the molecule is COc1cc(CNCc2cccc(C(F)(F)F)c2)cc(OC)c1OC. The minimum absolute atomic E-state index is 0.306. The van der Waals surface area contributed by atoms with Gasteiger partial charge in [0.15, 0.2) is 11.5 Å². The van der Waals surface area contributed by atoms with Crippen LogP contribution < -0.4 is 19.5 Å². The minimum atomic E-state index is -4.34. The van der Waals surface area contributed by atoms with Gasteiger partial charge in [-0.15, -0.1) is 0 Å². The number of nitrogens with one attached hydrogen (secondary N) is 1. The highest BCUT2D eigenvalue weighted by Crippen LogP contribution is 2.38. The van der Waals surface area contributed by atoms with Crippen LogP contribution in [0.4, 0.5) is 13.2 Å². The summed E-state index contributed by atoms with van der Waals surface area (Å²) in [6, 6.07) is 8.84. The summed E-state index contributed by atoms with van der Waals surface area (Å²) in [6.45, 7) is 0.744. The minimum Gasteiger partial charge on any atom is -0.493 e. The van der Waals surface area contributed by atoms with Crippen LogP contribution in [0.15, 0.2) is 36.4 Å². The molecule has 2 rings (SSSR count). The summed E-state index contributed by atoms with van der Waals surface area (Å²) in [6.07, 6.45) is -4.34. The molecule has 0 amide bonds. The first kappa shape index (κ1) is 18.9. The van der Waals surface area contributed by atoms with Crippen LogP contribution in [0, 0.1) is 0 Å². The van der Waals surface area contributed by atoms with Gasteiger partial charge in [-0.3, -0.25) is 0 Å². The van der Waals surface area contributed by atoms with Gasteiger partial charge in [0, 0.05) is 13.1 Å². The summed E-state index contributed by atoms with van der Waals surface area (Å²) in [5.41, 5.74) is 0.767. The molecule has 0 saturated carbocycles. The standard InChI is InChI=1S/C18H20F3NO3/c1-23-15-8-13(9-16(24-2)17(15)25-3)11-22-10-12-5-4-6-14(7-12)18(19,20)21/h4-9,22H,10-11H2,1-3H3. The molecule has 2 aromatic rings. The van der Waals surface area contributed by atoms with E-state index >= 15 is 0 Å². The van der Waals surface area contributed by atoms with Gasteiger partial charge in [0.1, 0.15) is 0 Å². The predicted molar refractivity (Wildman–Crippen MR) is 88.1 cm³/mol. The van der Waals surface area contributed by atoms with E-state index in [0.717, 1.165) is 17.7 Å². The van der Waals surface area contributed by atoms with Crippen molar-refractivity contribution in [1.29, 1.82) is 0 Å². The first-order chi connectivity index (χ1) is 11.9. The molecule has 1 N–H and O–H groups in total. The fourth-order valence-corrected chi connectivity index (χ4v) is 2.45. The third-order valence-electron chi connectivity index (χ3n) is 3.64. The highest BCUT2D eigenvalue weighted by Gasteiger charge is 2.30. The maximum Gasteiger partial charge on any atom is 0.416 e. The van der Waals surface area contributed by atoms with Crippen molar-refractivity contribution >= 4 is 0 Å². The van der Waals surface area contributed by atoms with Gasteiger partial charge in [0.25, 0.3) is 0 Å². The number of rotatable bonds is 7. The average molecular weight is 355 g/mol. The molecule has 0 aliphatic rings. The molecule has 0 aliphatic carbocycles. The van der Waals surface area contributed by atoms with Crippen LogP contribution >= 0.6 is 0 Å². The van der Waals surface area contributed by atoms with Crippen molar-refractivity contribution in [2.24, 2.45) is 0 Å². The summed E-state index contributed by atoms with van der Waals surface area (Å²) in [5.74, 6) is 1.54. The largest absolute Gasteiger partial charge is 0.493 e. The van der Waals surface area contributed by atoms with Crippen molar-refractivity contribution in [3.63, 3.8) is 0 Å². The maximum absolute atomic E-state index is 12.7. The number of ether oxygens (including phenoxy) is 3. The molecule has 2 aromatic carbocycles. The number of hydrogen-bond donors (Lipinski definition) is 1. The lowest BCUT2D eigenvalue weighted by Gasteiger charge is -2.14. The van der Waals surface area contributed by atoms with Crippen molar-refractivity contribution in [1.82, 2.24) is 5.32 Å². The van der Waals surface area contributed by atoms with Crippen molar-refractivity contribution in [2.45, 2.75) is 19.3 Å². The van der Waals surface area contributed by atoms with Gasteiger partial charge in [0.05, 0.1) is 26.9 Å². The lowest BCUT2D eigenvalue weighted by Crippen LogP contribution is -2.14. The summed E-state index contributed by atoms with van der Waals surface area (Å²) in [4.78, 5) is 0. The van der Waals surface area contributed by atoms with Gasteiger partial charge in [-0.2, -0.15) is 13.2 Å². The molecule has 0 saturated heterocycles. The Labute approximate surface area is 144 Å². The van der Waals surface area contributed by atoms with Crippen molar-refractivity contribution in [2.75, 3.05) is 21.3 Å². The van der Waals surface area contributed by atoms with Gasteiger partial charge in [-0.25, -0.2) is 0 Å². The smallest absolute Gasteiger partial charge is 0.416 e. The quantitative estimate of drug-likeness (QED) is 0.814. The first-order valence-electron chi connectivity index (χ1n) is 7.54. The van der Waals surface area contributed by atoms with Crippen LogP contribution in [-0.4, -0.2) is 21.3 Å². The number of methoxy groups -OCH3 is 3.